The molecule has 29 heavy (non-hydrogen) atoms. The second-order valence-corrected chi connectivity index (χ2v) is 6.51. The highest BCUT2D eigenvalue weighted by Crippen LogP contribution is 2.32. The number of aromatic nitrogens is 3. The highest BCUT2D eigenvalue weighted by molar-refractivity contribution is 5.93. The number of hydrogen-bond donors (Lipinski definition) is 2. The smallest absolute Gasteiger partial charge is 0.196 e. The fourth-order valence-corrected chi connectivity index (χ4v) is 2.94. The zero-order chi connectivity index (χ0) is 19.9. The highest BCUT2D eigenvalue weighted by atomic mass is 16.5. The molecule has 4 rings (SSSR count). The van der Waals surface area contributed by atoms with Crippen molar-refractivity contribution in [3.05, 3.63) is 60.6 Å². The maximum Gasteiger partial charge on any atom is 0.196 e. The molecule has 2 N–H and O–H groups in total. The number of nitrogens with one attached hydrogen (secondary N) is 2. The molecule has 0 amide bonds. The van der Waals surface area contributed by atoms with Gasteiger partial charge in [0.15, 0.2) is 23.3 Å². The van der Waals surface area contributed by atoms with Gasteiger partial charge >= 0.3 is 0 Å². The summed E-state index contributed by atoms with van der Waals surface area (Å²) >= 11 is 0. The first-order valence-electron chi connectivity index (χ1n) is 9.72. The van der Waals surface area contributed by atoms with Gasteiger partial charge in [-0.15, -0.1) is 0 Å². The number of guanidine groups is 1. The summed E-state index contributed by atoms with van der Waals surface area (Å²) < 4.78 is 13.2. The van der Waals surface area contributed by atoms with Gasteiger partial charge in [0, 0.05) is 43.3 Å². The predicted molar refractivity (Wildman–Crippen MR) is 112 cm³/mol. The Labute approximate surface area is 169 Å². The first kappa shape index (κ1) is 18.8. The third-order valence-electron chi connectivity index (χ3n) is 4.32. The minimum absolute atomic E-state index is 0.511. The molecule has 3 heterocycles. The maximum atomic E-state index is 5.77. The fraction of sp³-hybridized carbons (Fsp3) is 0.286. The third kappa shape index (κ3) is 4.84. The molecule has 0 spiro atoms. The molecular weight excluding hydrogens is 368 g/mol. The Morgan fingerprint density at radius 2 is 2.03 bits per heavy atom. The second-order valence-electron chi connectivity index (χ2n) is 6.51. The van der Waals surface area contributed by atoms with Crippen LogP contribution in [-0.2, 0) is 6.54 Å². The summed E-state index contributed by atoms with van der Waals surface area (Å²) in [5.41, 5.74) is 1.93. The van der Waals surface area contributed by atoms with Crippen LogP contribution in [-0.4, -0.2) is 40.5 Å². The maximum absolute atomic E-state index is 5.77. The molecule has 0 bridgehead atoms. The van der Waals surface area contributed by atoms with E-state index in [9.17, 15) is 0 Å². The van der Waals surface area contributed by atoms with Crippen LogP contribution in [0, 0.1) is 0 Å². The van der Waals surface area contributed by atoms with Crippen LogP contribution in [0.1, 0.15) is 18.9 Å². The zero-order valence-electron chi connectivity index (χ0n) is 16.3. The fourth-order valence-electron chi connectivity index (χ4n) is 2.94. The Kier molecular flexibility index (Phi) is 5.89. The van der Waals surface area contributed by atoms with Gasteiger partial charge in [0.05, 0.1) is 19.8 Å². The molecule has 8 nitrogen and oxygen atoms in total. The van der Waals surface area contributed by atoms with Gasteiger partial charge in [-0.25, -0.2) is 14.7 Å². The molecular formula is C21H24N6O2. The number of anilines is 1. The number of ether oxygens (including phenoxy) is 2. The van der Waals surface area contributed by atoms with Crippen molar-refractivity contribution in [2.24, 2.45) is 4.99 Å². The Bertz CT molecular complexity index is 971. The third-order valence-corrected chi connectivity index (χ3v) is 4.32. The van der Waals surface area contributed by atoms with Crippen molar-refractivity contribution in [2.45, 2.75) is 19.9 Å². The van der Waals surface area contributed by atoms with Crippen molar-refractivity contribution in [1.29, 1.82) is 0 Å². The molecule has 0 aliphatic carbocycles. The molecule has 8 heteroatoms. The lowest BCUT2D eigenvalue weighted by atomic mass is 10.2. The predicted octanol–water partition coefficient (Wildman–Crippen LogP) is 3.01. The molecule has 1 aliphatic heterocycles. The van der Waals surface area contributed by atoms with Crippen molar-refractivity contribution in [3.63, 3.8) is 0 Å². The lowest BCUT2D eigenvalue weighted by molar-refractivity contribution is 0.297. The second kappa shape index (κ2) is 9.09. The molecule has 1 aliphatic rings. The molecule has 0 unspecified atom stereocenters. The normalized spacial score (nSPS) is 13.6. The van der Waals surface area contributed by atoms with Crippen molar-refractivity contribution in [1.82, 2.24) is 20.1 Å². The summed E-state index contributed by atoms with van der Waals surface area (Å²) in [6.45, 7) is 4.64. The number of fused-ring (bicyclic) bond motifs is 1. The number of benzene rings is 1. The Morgan fingerprint density at radius 1 is 1.14 bits per heavy atom. The number of hydrogen-bond acceptors (Lipinski definition) is 5. The van der Waals surface area contributed by atoms with Crippen molar-refractivity contribution >= 4 is 11.6 Å². The van der Waals surface area contributed by atoms with Crippen LogP contribution in [0.3, 0.4) is 0 Å². The average molecular weight is 392 g/mol. The molecule has 0 atom stereocenters. The lowest BCUT2D eigenvalue weighted by Gasteiger charge is -2.14. The van der Waals surface area contributed by atoms with Crippen LogP contribution < -0.4 is 20.1 Å². The summed E-state index contributed by atoms with van der Waals surface area (Å²) in [7, 11) is 0. The molecule has 0 saturated heterocycles. The minimum Gasteiger partial charge on any atom is -0.490 e. The summed E-state index contributed by atoms with van der Waals surface area (Å²) in [5.74, 6) is 2.99. The van der Waals surface area contributed by atoms with Gasteiger partial charge in [-0.2, -0.15) is 5.10 Å². The average Bonchev–Trinajstić information content (AvgIpc) is 3.19. The van der Waals surface area contributed by atoms with Crippen LogP contribution in [0.15, 0.2) is 60.0 Å². The summed E-state index contributed by atoms with van der Waals surface area (Å²) in [6.07, 6.45) is 6.25. The van der Waals surface area contributed by atoms with E-state index in [1.54, 1.807) is 17.1 Å². The quantitative estimate of drug-likeness (QED) is 0.513. The van der Waals surface area contributed by atoms with E-state index in [0.29, 0.717) is 25.7 Å². The van der Waals surface area contributed by atoms with Crippen molar-refractivity contribution < 1.29 is 9.47 Å². The van der Waals surface area contributed by atoms with Gasteiger partial charge in [0.1, 0.15) is 0 Å². The highest BCUT2D eigenvalue weighted by Gasteiger charge is 2.11. The van der Waals surface area contributed by atoms with Crippen LogP contribution in [0.4, 0.5) is 5.69 Å². The summed E-state index contributed by atoms with van der Waals surface area (Å²) in [4.78, 5) is 9.05. The molecule has 0 saturated carbocycles. The van der Waals surface area contributed by atoms with E-state index >= 15 is 0 Å². The van der Waals surface area contributed by atoms with Gasteiger partial charge in [-0.3, -0.25) is 0 Å². The first-order chi connectivity index (χ1) is 14.3. The number of pyridine rings is 1. The molecule has 0 radical (unpaired) electrons. The van der Waals surface area contributed by atoms with Gasteiger partial charge in [0.25, 0.3) is 0 Å². The van der Waals surface area contributed by atoms with Crippen LogP contribution in [0.2, 0.25) is 0 Å². The Balaban J connectivity index is 1.48. The van der Waals surface area contributed by atoms with Crippen molar-refractivity contribution in [3.8, 4) is 17.3 Å². The largest absolute Gasteiger partial charge is 0.490 e. The Hall–Kier alpha value is -3.55. The zero-order valence-corrected chi connectivity index (χ0v) is 16.3. The topological polar surface area (TPSA) is 85.6 Å². The monoisotopic (exact) mass is 392 g/mol. The molecule has 150 valence electrons. The summed E-state index contributed by atoms with van der Waals surface area (Å²) in [6, 6.07) is 11.6. The standard InChI is InChI=1S/C21H24N6O2/c1-2-22-21(26-17-5-6-18-19(14-17)29-12-4-11-28-18)24-15-16-7-9-23-20(13-16)27-10-3-8-25-27/h3,5-10,13-14H,2,4,11-12,15H2,1H3,(H2,22,24,26). The number of rotatable bonds is 5. The minimum atomic E-state index is 0.511. The van der Waals surface area contributed by atoms with E-state index in [2.05, 4.69) is 20.7 Å². The van der Waals surface area contributed by atoms with Gasteiger partial charge in [-0.05, 0) is 42.8 Å². The van der Waals surface area contributed by atoms with Gasteiger partial charge in [0.2, 0.25) is 0 Å². The molecule has 1 aromatic carbocycles. The van der Waals surface area contributed by atoms with E-state index < -0.39 is 0 Å². The van der Waals surface area contributed by atoms with E-state index in [4.69, 9.17) is 14.5 Å². The van der Waals surface area contributed by atoms with E-state index in [1.807, 2.05) is 49.5 Å². The van der Waals surface area contributed by atoms with Crippen LogP contribution in [0.25, 0.3) is 5.82 Å². The van der Waals surface area contributed by atoms with Gasteiger partial charge < -0.3 is 20.1 Å². The molecule has 3 aromatic rings. The lowest BCUT2D eigenvalue weighted by Crippen LogP contribution is -2.30. The Morgan fingerprint density at radius 3 is 2.86 bits per heavy atom. The number of aliphatic imine (C=N–C) groups is 1. The van der Waals surface area contributed by atoms with Crippen molar-refractivity contribution in [2.75, 3.05) is 25.1 Å². The van der Waals surface area contributed by atoms with E-state index in [-0.39, 0.29) is 0 Å². The van der Waals surface area contributed by atoms with Gasteiger partial charge in [-0.1, -0.05) is 0 Å². The van der Waals surface area contributed by atoms with Crippen LogP contribution in [0.5, 0.6) is 11.5 Å². The molecule has 2 aromatic heterocycles. The first-order valence-corrected chi connectivity index (χ1v) is 9.72. The van der Waals surface area contributed by atoms with E-state index in [1.165, 1.54) is 0 Å². The molecule has 0 fully saturated rings. The van der Waals surface area contributed by atoms with E-state index in [0.717, 1.165) is 41.5 Å². The van der Waals surface area contributed by atoms with Crippen LogP contribution >= 0.6 is 0 Å². The SMILES string of the molecule is CCNC(=NCc1ccnc(-n2cccn2)c1)Nc1ccc2c(c1)OCCCO2. The summed E-state index contributed by atoms with van der Waals surface area (Å²) in [5, 5.41) is 10.8. The number of nitrogens with zero attached hydrogens (tertiary/aromatic N) is 4.